The molecule has 2 N–H and O–H groups in total. The summed E-state index contributed by atoms with van der Waals surface area (Å²) >= 11 is 1.68. The molecular formula is C15H18N2O2S2. The first-order valence-corrected chi connectivity index (χ1v) is 9.21. The zero-order valence-corrected chi connectivity index (χ0v) is 13.4. The third kappa shape index (κ3) is 5.32. The molecule has 6 heteroatoms. The van der Waals surface area contributed by atoms with Crippen LogP contribution in [0.15, 0.2) is 41.8 Å². The van der Waals surface area contributed by atoms with Crippen molar-refractivity contribution in [2.24, 2.45) is 0 Å². The fourth-order valence-corrected chi connectivity index (χ4v) is 3.31. The number of anilines is 1. The number of carbonyl (C=O) groups excluding carboxylic acids is 1. The minimum Gasteiger partial charge on any atom is -0.338 e. The van der Waals surface area contributed by atoms with Gasteiger partial charge >= 0.3 is 6.03 Å². The number of hydrogen-bond donors (Lipinski definition) is 2. The van der Waals surface area contributed by atoms with E-state index in [2.05, 4.69) is 16.7 Å². The van der Waals surface area contributed by atoms with Gasteiger partial charge in [0.25, 0.3) is 0 Å². The topological polar surface area (TPSA) is 58.2 Å². The van der Waals surface area contributed by atoms with Crippen LogP contribution in [0.2, 0.25) is 0 Å². The van der Waals surface area contributed by atoms with Crippen LogP contribution in [0, 0.1) is 0 Å². The molecule has 4 nitrogen and oxygen atoms in total. The summed E-state index contributed by atoms with van der Waals surface area (Å²) in [6.07, 6.45) is 2.48. The first-order chi connectivity index (χ1) is 10.1. The summed E-state index contributed by atoms with van der Waals surface area (Å²) in [6, 6.07) is 11.2. The molecule has 2 amide bonds. The molecule has 0 spiro atoms. The number of hydrogen-bond acceptors (Lipinski definition) is 3. The molecule has 112 valence electrons. The van der Waals surface area contributed by atoms with Crippen LogP contribution in [-0.2, 0) is 23.0 Å². The first-order valence-electron chi connectivity index (χ1n) is 6.60. The van der Waals surface area contributed by atoms with Gasteiger partial charge in [-0.15, -0.1) is 11.3 Å². The van der Waals surface area contributed by atoms with Crippen molar-refractivity contribution in [2.75, 3.05) is 18.1 Å². The van der Waals surface area contributed by atoms with Crippen molar-refractivity contribution in [3.63, 3.8) is 0 Å². The molecule has 0 aliphatic heterocycles. The van der Waals surface area contributed by atoms with E-state index in [0.717, 1.165) is 12.0 Å². The number of urea groups is 1. The van der Waals surface area contributed by atoms with Crippen molar-refractivity contribution in [1.82, 2.24) is 5.32 Å². The van der Waals surface area contributed by atoms with Gasteiger partial charge in [0, 0.05) is 34.2 Å². The normalized spacial score (nSPS) is 11.9. The van der Waals surface area contributed by atoms with Crippen molar-refractivity contribution in [3.05, 3.63) is 52.2 Å². The Kier molecular flexibility index (Phi) is 5.95. The monoisotopic (exact) mass is 322 g/mol. The molecule has 0 saturated heterocycles. The summed E-state index contributed by atoms with van der Waals surface area (Å²) in [4.78, 5) is 13.1. The smallest absolute Gasteiger partial charge is 0.319 e. The molecule has 0 unspecified atom stereocenters. The fraction of sp³-hybridized carbons (Fsp3) is 0.267. The van der Waals surface area contributed by atoms with Gasteiger partial charge in [0.2, 0.25) is 0 Å². The zero-order chi connectivity index (χ0) is 15.1. The van der Waals surface area contributed by atoms with Crippen LogP contribution in [-0.4, -0.2) is 23.0 Å². The molecule has 21 heavy (non-hydrogen) atoms. The molecule has 2 aromatic rings. The van der Waals surface area contributed by atoms with Crippen molar-refractivity contribution >= 4 is 33.9 Å². The minimum atomic E-state index is -0.938. The van der Waals surface area contributed by atoms with Gasteiger partial charge in [0.05, 0.1) is 5.75 Å². The van der Waals surface area contributed by atoms with Gasteiger partial charge in [-0.05, 0) is 29.5 Å². The molecule has 1 aromatic carbocycles. The second-order valence-corrected chi connectivity index (χ2v) is 7.05. The maximum Gasteiger partial charge on any atom is 0.319 e. The van der Waals surface area contributed by atoms with Gasteiger partial charge < -0.3 is 10.6 Å². The summed E-state index contributed by atoms with van der Waals surface area (Å²) in [7, 11) is -0.938. The number of amides is 2. The maximum atomic E-state index is 11.9. The molecule has 1 aromatic heterocycles. The van der Waals surface area contributed by atoms with Crippen LogP contribution < -0.4 is 10.6 Å². The highest BCUT2D eigenvalue weighted by atomic mass is 32.2. The Morgan fingerprint density at radius 2 is 2.05 bits per heavy atom. The molecule has 2 rings (SSSR count). The summed E-state index contributed by atoms with van der Waals surface area (Å²) in [5.74, 6) is 0.436. The highest BCUT2D eigenvalue weighted by Crippen LogP contribution is 2.16. The Morgan fingerprint density at radius 3 is 2.76 bits per heavy atom. The van der Waals surface area contributed by atoms with Gasteiger partial charge in [-0.3, -0.25) is 4.21 Å². The van der Waals surface area contributed by atoms with Gasteiger partial charge in [0.15, 0.2) is 0 Å². The van der Waals surface area contributed by atoms with Crippen molar-refractivity contribution < 1.29 is 9.00 Å². The van der Waals surface area contributed by atoms with Crippen molar-refractivity contribution in [1.29, 1.82) is 0 Å². The average molecular weight is 322 g/mol. The number of rotatable bonds is 6. The van der Waals surface area contributed by atoms with Crippen LogP contribution in [0.4, 0.5) is 10.5 Å². The third-order valence-corrected chi connectivity index (χ3v) is 4.52. The highest BCUT2D eigenvalue weighted by molar-refractivity contribution is 7.83. The SMILES string of the molecule is C[S@](=O)Cc1ccccc1NC(=O)NCCc1cccs1. The van der Waals surface area contributed by atoms with E-state index in [-0.39, 0.29) is 6.03 Å². The van der Waals surface area contributed by atoms with E-state index in [9.17, 15) is 9.00 Å². The zero-order valence-electron chi connectivity index (χ0n) is 11.8. The predicted molar refractivity (Wildman–Crippen MR) is 89.3 cm³/mol. The number of carbonyl (C=O) groups is 1. The Morgan fingerprint density at radius 1 is 1.24 bits per heavy atom. The lowest BCUT2D eigenvalue weighted by atomic mass is 10.2. The van der Waals surface area contributed by atoms with E-state index >= 15 is 0 Å². The molecule has 0 fully saturated rings. The van der Waals surface area contributed by atoms with Gasteiger partial charge in [-0.25, -0.2) is 4.79 Å². The number of para-hydroxylation sites is 1. The molecule has 0 aliphatic carbocycles. The van der Waals surface area contributed by atoms with E-state index in [0.29, 0.717) is 18.0 Å². The molecular weight excluding hydrogens is 304 g/mol. The number of thiophene rings is 1. The van der Waals surface area contributed by atoms with E-state index in [1.165, 1.54) is 4.88 Å². The maximum absolute atomic E-state index is 11.9. The lowest BCUT2D eigenvalue weighted by Gasteiger charge is -2.11. The second-order valence-electron chi connectivity index (χ2n) is 4.58. The van der Waals surface area contributed by atoms with Crippen LogP contribution in [0.25, 0.3) is 0 Å². The quantitative estimate of drug-likeness (QED) is 0.859. The molecule has 0 bridgehead atoms. The third-order valence-electron chi connectivity index (χ3n) is 2.86. The molecule has 0 saturated carbocycles. The highest BCUT2D eigenvalue weighted by Gasteiger charge is 2.07. The Bertz CT molecular complexity index is 612. The average Bonchev–Trinajstić information content (AvgIpc) is 2.93. The molecule has 0 radical (unpaired) electrons. The number of nitrogens with one attached hydrogen (secondary N) is 2. The standard InChI is InChI=1S/C15H18N2O2S2/c1-21(19)11-12-5-2-3-7-14(12)17-15(18)16-9-8-13-6-4-10-20-13/h2-7,10H,8-9,11H2,1H3,(H2,16,17,18)/t21-/m0/s1. The van der Waals surface area contributed by atoms with Gasteiger partial charge in [-0.2, -0.15) is 0 Å². The fourth-order valence-electron chi connectivity index (χ4n) is 1.91. The second kappa shape index (κ2) is 7.95. The summed E-state index contributed by atoms with van der Waals surface area (Å²) < 4.78 is 11.3. The summed E-state index contributed by atoms with van der Waals surface area (Å²) in [6.45, 7) is 0.591. The van der Waals surface area contributed by atoms with Gasteiger partial charge in [-0.1, -0.05) is 24.3 Å². The predicted octanol–water partition coefficient (Wildman–Crippen LogP) is 2.99. The minimum absolute atomic E-state index is 0.235. The van der Waals surface area contributed by atoms with Crippen LogP contribution in [0.5, 0.6) is 0 Å². The van der Waals surface area contributed by atoms with E-state index in [1.807, 2.05) is 35.7 Å². The van der Waals surface area contributed by atoms with Crippen LogP contribution in [0.1, 0.15) is 10.4 Å². The molecule has 1 heterocycles. The van der Waals surface area contributed by atoms with Crippen molar-refractivity contribution in [3.8, 4) is 0 Å². The largest absolute Gasteiger partial charge is 0.338 e. The van der Waals surface area contributed by atoms with E-state index < -0.39 is 10.8 Å². The van der Waals surface area contributed by atoms with Crippen molar-refractivity contribution in [2.45, 2.75) is 12.2 Å². The molecule has 1 atom stereocenters. The van der Waals surface area contributed by atoms with E-state index in [4.69, 9.17) is 0 Å². The summed E-state index contributed by atoms with van der Waals surface area (Å²) in [5, 5.41) is 7.67. The lowest BCUT2D eigenvalue weighted by Crippen LogP contribution is -2.30. The Hall–Kier alpha value is -1.66. The van der Waals surface area contributed by atoms with Gasteiger partial charge in [0.1, 0.15) is 0 Å². The van der Waals surface area contributed by atoms with Crippen LogP contribution >= 0.6 is 11.3 Å². The molecule has 0 aliphatic rings. The summed E-state index contributed by atoms with van der Waals surface area (Å²) in [5.41, 5.74) is 1.59. The Labute approximate surface area is 131 Å². The van der Waals surface area contributed by atoms with Crippen LogP contribution in [0.3, 0.4) is 0 Å². The van der Waals surface area contributed by atoms with E-state index in [1.54, 1.807) is 17.6 Å². The number of benzene rings is 1. The lowest BCUT2D eigenvalue weighted by molar-refractivity contribution is 0.252. The Balaban J connectivity index is 1.86. The first kappa shape index (κ1) is 15.7.